The van der Waals surface area contributed by atoms with Crippen molar-refractivity contribution < 1.29 is 4.79 Å². The third kappa shape index (κ3) is 4.86. The summed E-state index contributed by atoms with van der Waals surface area (Å²) in [4.78, 5) is 31.5. The van der Waals surface area contributed by atoms with E-state index in [2.05, 4.69) is 10.4 Å². The summed E-state index contributed by atoms with van der Waals surface area (Å²) in [5.41, 5.74) is 12.4. The molecule has 7 nitrogen and oxygen atoms in total. The molecule has 0 spiro atoms. The number of nitrogens with one attached hydrogen (secondary N) is 1. The van der Waals surface area contributed by atoms with Crippen LogP contribution in [0.5, 0.6) is 0 Å². The molecule has 1 aromatic carbocycles. The zero-order chi connectivity index (χ0) is 21.7. The van der Waals surface area contributed by atoms with Crippen molar-refractivity contribution in [3.8, 4) is 0 Å². The number of hydrogen-bond acceptors (Lipinski definition) is 5. The summed E-state index contributed by atoms with van der Waals surface area (Å²) in [6.45, 7) is 4.25. The predicted octanol–water partition coefficient (Wildman–Crippen LogP) is 2.43. The number of aromatic nitrogens is 2. The van der Waals surface area contributed by atoms with Crippen molar-refractivity contribution in [2.24, 2.45) is 0 Å². The van der Waals surface area contributed by atoms with Crippen LogP contribution in [0.4, 0.5) is 11.5 Å². The molecule has 0 atom stereocenters. The number of anilines is 2. The van der Waals surface area contributed by atoms with Crippen molar-refractivity contribution in [1.82, 2.24) is 9.66 Å². The van der Waals surface area contributed by atoms with Gasteiger partial charge in [0.25, 0.3) is 5.56 Å². The summed E-state index contributed by atoms with van der Waals surface area (Å²) in [5, 5.41) is 0. The first-order valence-electron chi connectivity index (χ1n) is 9.85. The number of amides is 1. The second kappa shape index (κ2) is 9.26. The summed E-state index contributed by atoms with van der Waals surface area (Å²) in [7, 11) is 1.68. The minimum Gasteiger partial charge on any atom is -0.384 e. The Balaban J connectivity index is 1.73. The van der Waals surface area contributed by atoms with E-state index in [9.17, 15) is 9.59 Å². The Labute approximate surface area is 176 Å². The van der Waals surface area contributed by atoms with Crippen LogP contribution in [-0.4, -0.2) is 29.2 Å². The van der Waals surface area contributed by atoms with Crippen LogP contribution >= 0.6 is 0 Å². The lowest BCUT2D eigenvalue weighted by atomic mass is 10.1. The van der Waals surface area contributed by atoms with Crippen LogP contribution < -0.4 is 21.6 Å². The molecule has 3 N–H and O–H groups in total. The van der Waals surface area contributed by atoms with Gasteiger partial charge in [-0.2, -0.15) is 0 Å². The fraction of sp³-hybridized carbons (Fsp3) is 0.261. The number of nitrogens with zero attached hydrogens (tertiary/aromatic N) is 3. The normalized spacial score (nSPS) is 10.6. The highest BCUT2D eigenvalue weighted by Gasteiger charge is 2.18. The topological polar surface area (TPSA) is 93.2 Å². The molecule has 30 heavy (non-hydrogen) atoms. The van der Waals surface area contributed by atoms with E-state index >= 15 is 0 Å². The number of carbonyl (C=O) groups is 1. The highest BCUT2D eigenvalue weighted by molar-refractivity contribution is 5.94. The minimum absolute atomic E-state index is 0.00614. The summed E-state index contributed by atoms with van der Waals surface area (Å²) in [6, 6.07) is 15.3. The lowest BCUT2D eigenvalue weighted by molar-refractivity contribution is -0.117. The molecule has 0 aliphatic carbocycles. The van der Waals surface area contributed by atoms with Gasteiger partial charge in [0.1, 0.15) is 5.82 Å². The van der Waals surface area contributed by atoms with Crippen molar-refractivity contribution in [2.45, 2.75) is 26.7 Å². The van der Waals surface area contributed by atoms with Gasteiger partial charge in [0.05, 0.1) is 17.8 Å². The smallest absolute Gasteiger partial charge is 0.272 e. The van der Waals surface area contributed by atoms with Crippen molar-refractivity contribution in [3.05, 3.63) is 87.5 Å². The SMILES string of the molecule is Cc1ccn(NCCc2ccccc2)c(=O)c1CC(=O)N(C)c1ccc(N)nc1C. The molecule has 3 rings (SSSR count). The number of likely N-dealkylation sites (N-methyl/N-ethyl adjacent to an activating group) is 1. The molecule has 0 unspecified atom stereocenters. The van der Waals surface area contributed by atoms with Gasteiger partial charge >= 0.3 is 0 Å². The van der Waals surface area contributed by atoms with Crippen LogP contribution in [-0.2, 0) is 17.6 Å². The Morgan fingerprint density at radius 3 is 2.57 bits per heavy atom. The maximum absolute atomic E-state index is 12.9. The second-order valence-corrected chi connectivity index (χ2v) is 7.27. The maximum atomic E-state index is 12.9. The van der Waals surface area contributed by atoms with E-state index in [0.29, 0.717) is 29.3 Å². The number of pyridine rings is 2. The Bertz CT molecular complexity index is 1090. The van der Waals surface area contributed by atoms with Crippen LogP contribution in [0.25, 0.3) is 0 Å². The first kappa shape index (κ1) is 21.1. The molecule has 0 saturated heterocycles. The number of aryl methyl sites for hydroxylation is 2. The van der Waals surface area contributed by atoms with Gasteiger partial charge in [-0.05, 0) is 49.6 Å². The Hall–Kier alpha value is -3.61. The molecule has 0 fully saturated rings. The number of carbonyl (C=O) groups excluding carboxylic acids is 1. The zero-order valence-electron chi connectivity index (χ0n) is 17.6. The first-order chi connectivity index (χ1) is 14.4. The second-order valence-electron chi connectivity index (χ2n) is 7.27. The molecular formula is C23H27N5O2. The molecular weight excluding hydrogens is 378 g/mol. The number of hydrogen-bond donors (Lipinski definition) is 2. The van der Waals surface area contributed by atoms with Gasteiger partial charge in [0, 0.05) is 25.4 Å². The van der Waals surface area contributed by atoms with E-state index in [-0.39, 0.29) is 17.9 Å². The molecule has 0 saturated carbocycles. The monoisotopic (exact) mass is 405 g/mol. The Morgan fingerprint density at radius 1 is 1.13 bits per heavy atom. The lowest BCUT2D eigenvalue weighted by Gasteiger charge is -2.20. The number of rotatable bonds is 7. The third-order valence-electron chi connectivity index (χ3n) is 5.11. The summed E-state index contributed by atoms with van der Waals surface area (Å²) in [5.74, 6) is 0.215. The van der Waals surface area contributed by atoms with E-state index in [1.54, 1.807) is 32.3 Å². The van der Waals surface area contributed by atoms with Gasteiger partial charge in [-0.1, -0.05) is 30.3 Å². The van der Waals surface area contributed by atoms with Crippen molar-refractivity contribution in [3.63, 3.8) is 0 Å². The molecule has 2 heterocycles. The quantitative estimate of drug-likeness (QED) is 0.630. The first-order valence-corrected chi connectivity index (χ1v) is 9.85. The number of nitrogen functional groups attached to an aromatic ring is 1. The van der Waals surface area contributed by atoms with Gasteiger partial charge in [-0.15, -0.1) is 0 Å². The highest BCUT2D eigenvalue weighted by Crippen LogP contribution is 2.19. The van der Waals surface area contributed by atoms with E-state index < -0.39 is 0 Å². The summed E-state index contributed by atoms with van der Waals surface area (Å²) < 4.78 is 1.45. The molecule has 2 aromatic heterocycles. The zero-order valence-corrected chi connectivity index (χ0v) is 17.6. The number of benzene rings is 1. The van der Waals surface area contributed by atoms with Gasteiger partial charge in [-0.25, -0.2) is 9.66 Å². The molecule has 0 aliphatic rings. The fourth-order valence-corrected chi connectivity index (χ4v) is 3.31. The highest BCUT2D eigenvalue weighted by atomic mass is 16.2. The Morgan fingerprint density at radius 2 is 1.87 bits per heavy atom. The van der Waals surface area contributed by atoms with Gasteiger partial charge in [0.2, 0.25) is 5.91 Å². The molecule has 1 amide bonds. The molecule has 0 aliphatic heterocycles. The molecule has 156 valence electrons. The van der Waals surface area contributed by atoms with Crippen LogP contribution in [0, 0.1) is 13.8 Å². The molecule has 7 heteroatoms. The standard InChI is InChI=1S/C23H27N5O2/c1-16-12-14-28(25-13-11-18-7-5-4-6-8-18)23(30)19(16)15-22(29)27(3)20-9-10-21(24)26-17(20)2/h4-10,12,14,25H,11,13,15H2,1-3H3,(H2,24,26). The lowest BCUT2D eigenvalue weighted by Crippen LogP contribution is -2.36. The predicted molar refractivity (Wildman–Crippen MR) is 120 cm³/mol. The van der Waals surface area contributed by atoms with Crippen LogP contribution in [0.1, 0.15) is 22.4 Å². The largest absolute Gasteiger partial charge is 0.384 e. The molecule has 0 radical (unpaired) electrons. The average molecular weight is 406 g/mol. The summed E-state index contributed by atoms with van der Waals surface area (Å²) >= 11 is 0. The minimum atomic E-state index is -0.211. The van der Waals surface area contributed by atoms with E-state index in [0.717, 1.165) is 12.0 Å². The van der Waals surface area contributed by atoms with E-state index in [4.69, 9.17) is 5.73 Å². The Kier molecular flexibility index (Phi) is 6.51. The molecule has 3 aromatic rings. The molecule has 0 bridgehead atoms. The van der Waals surface area contributed by atoms with Crippen molar-refractivity contribution in [2.75, 3.05) is 29.7 Å². The van der Waals surface area contributed by atoms with Crippen LogP contribution in [0.2, 0.25) is 0 Å². The fourth-order valence-electron chi connectivity index (χ4n) is 3.31. The van der Waals surface area contributed by atoms with E-state index in [1.807, 2.05) is 43.3 Å². The van der Waals surface area contributed by atoms with Crippen LogP contribution in [0.3, 0.4) is 0 Å². The third-order valence-corrected chi connectivity index (χ3v) is 5.11. The van der Waals surface area contributed by atoms with Gasteiger partial charge in [-0.3, -0.25) is 9.59 Å². The van der Waals surface area contributed by atoms with Gasteiger partial charge in [0.15, 0.2) is 0 Å². The van der Waals surface area contributed by atoms with Crippen LogP contribution in [0.15, 0.2) is 59.5 Å². The van der Waals surface area contributed by atoms with Gasteiger partial charge < -0.3 is 16.1 Å². The number of nitrogens with two attached hydrogens (primary N) is 1. The van der Waals surface area contributed by atoms with Crippen molar-refractivity contribution in [1.29, 1.82) is 0 Å². The van der Waals surface area contributed by atoms with E-state index in [1.165, 1.54) is 15.1 Å². The maximum Gasteiger partial charge on any atom is 0.272 e. The average Bonchev–Trinajstić information content (AvgIpc) is 2.73. The summed E-state index contributed by atoms with van der Waals surface area (Å²) in [6.07, 6.45) is 2.50. The van der Waals surface area contributed by atoms with Crippen molar-refractivity contribution >= 4 is 17.4 Å².